The average Bonchev–Trinajstić information content (AvgIpc) is 2.85. The fraction of sp³-hybridized carbons (Fsp3) is 0.250. The number of nitrogens with one attached hydrogen (secondary N) is 1. The smallest absolute Gasteiger partial charge is 0.208 e. The van der Waals surface area contributed by atoms with Gasteiger partial charge < -0.3 is 0 Å². The summed E-state index contributed by atoms with van der Waals surface area (Å²) in [6.07, 6.45) is 0.804. The number of H-pyrrole nitrogens is 1. The predicted molar refractivity (Wildman–Crippen MR) is 72.3 cm³/mol. The second kappa shape index (κ2) is 6.02. The van der Waals surface area contributed by atoms with Gasteiger partial charge in [0, 0.05) is 17.0 Å². The van der Waals surface area contributed by atoms with E-state index in [4.69, 9.17) is 11.6 Å². The van der Waals surface area contributed by atoms with E-state index in [1.165, 1.54) is 11.8 Å². The van der Waals surface area contributed by atoms with Crippen LogP contribution in [-0.2, 0) is 6.42 Å². The molecule has 4 nitrogen and oxygen atoms in total. The van der Waals surface area contributed by atoms with E-state index in [1.54, 1.807) is 24.3 Å². The second-order valence-electron chi connectivity index (χ2n) is 3.64. The van der Waals surface area contributed by atoms with E-state index in [9.17, 15) is 4.79 Å². The summed E-state index contributed by atoms with van der Waals surface area (Å²) in [5.74, 6) is 1.19. The number of nitrogens with zero attached hydrogens (tertiary/aromatic N) is 2. The quantitative estimate of drug-likeness (QED) is 0.676. The van der Waals surface area contributed by atoms with Crippen molar-refractivity contribution in [1.29, 1.82) is 0 Å². The van der Waals surface area contributed by atoms with Crippen LogP contribution in [0.4, 0.5) is 0 Å². The minimum atomic E-state index is 0.0412. The molecule has 94 valence electrons. The molecule has 0 spiro atoms. The van der Waals surface area contributed by atoms with Crippen molar-refractivity contribution in [2.75, 3.05) is 5.75 Å². The first-order valence-electron chi connectivity index (χ1n) is 5.52. The lowest BCUT2D eigenvalue weighted by Crippen LogP contribution is -2.02. The molecule has 18 heavy (non-hydrogen) atoms. The fourth-order valence-corrected chi connectivity index (χ4v) is 2.19. The molecule has 1 aromatic carbocycles. The first kappa shape index (κ1) is 13.1. The van der Waals surface area contributed by atoms with Gasteiger partial charge in [-0.3, -0.25) is 9.89 Å². The summed E-state index contributed by atoms with van der Waals surface area (Å²) in [5.41, 5.74) is 0.651. The standard InChI is InChI=1S/C12H12ClN3OS/c1-2-11-14-12(16-15-11)18-7-10(17)8-3-5-9(13)6-4-8/h3-6H,2,7H2,1H3,(H,14,15,16). The van der Waals surface area contributed by atoms with Crippen LogP contribution in [0.25, 0.3) is 0 Å². The molecular weight excluding hydrogens is 270 g/mol. The Morgan fingerprint density at radius 3 is 2.72 bits per heavy atom. The first-order chi connectivity index (χ1) is 8.69. The lowest BCUT2D eigenvalue weighted by Gasteiger charge is -1.98. The highest BCUT2D eigenvalue weighted by atomic mass is 35.5. The summed E-state index contributed by atoms with van der Waals surface area (Å²) in [6, 6.07) is 6.87. The minimum Gasteiger partial charge on any atom is -0.293 e. The highest BCUT2D eigenvalue weighted by Gasteiger charge is 2.09. The van der Waals surface area contributed by atoms with Gasteiger partial charge >= 0.3 is 0 Å². The topological polar surface area (TPSA) is 58.6 Å². The lowest BCUT2D eigenvalue weighted by molar-refractivity contribution is 0.102. The van der Waals surface area contributed by atoms with E-state index in [-0.39, 0.29) is 5.78 Å². The number of carbonyl (C=O) groups excluding carboxylic acids is 1. The van der Waals surface area contributed by atoms with Crippen LogP contribution in [-0.4, -0.2) is 26.7 Å². The Kier molecular flexibility index (Phi) is 4.38. The van der Waals surface area contributed by atoms with Crippen molar-refractivity contribution in [3.8, 4) is 0 Å². The number of aryl methyl sites for hydroxylation is 1. The van der Waals surface area contributed by atoms with Gasteiger partial charge in [0.15, 0.2) is 5.78 Å². The molecule has 1 heterocycles. The van der Waals surface area contributed by atoms with E-state index in [0.717, 1.165) is 12.2 Å². The summed E-state index contributed by atoms with van der Waals surface area (Å²) in [5, 5.41) is 8.07. The normalized spacial score (nSPS) is 10.6. The molecule has 1 aromatic heterocycles. The van der Waals surface area contributed by atoms with Gasteiger partial charge in [0.05, 0.1) is 5.75 Å². The van der Waals surface area contributed by atoms with Crippen molar-refractivity contribution in [3.05, 3.63) is 40.7 Å². The molecule has 2 aromatic rings. The molecule has 0 aliphatic heterocycles. The Labute approximate surface area is 114 Å². The van der Waals surface area contributed by atoms with Crippen LogP contribution in [0.3, 0.4) is 0 Å². The second-order valence-corrected chi connectivity index (χ2v) is 5.02. The molecule has 0 fully saturated rings. The highest BCUT2D eigenvalue weighted by molar-refractivity contribution is 7.99. The zero-order chi connectivity index (χ0) is 13.0. The van der Waals surface area contributed by atoms with Gasteiger partial charge in [-0.15, -0.1) is 5.10 Å². The molecule has 1 N–H and O–H groups in total. The van der Waals surface area contributed by atoms with Gasteiger partial charge in [-0.25, -0.2) is 4.98 Å². The van der Waals surface area contributed by atoms with Crippen molar-refractivity contribution in [2.45, 2.75) is 18.5 Å². The van der Waals surface area contributed by atoms with E-state index >= 15 is 0 Å². The van der Waals surface area contributed by atoms with Crippen molar-refractivity contribution < 1.29 is 4.79 Å². The number of Topliss-reactive ketones (excluding diaryl/α,β-unsaturated/α-hetero) is 1. The lowest BCUT2D eigenvalue weighted by atomic mass is 10.1. The molecule has 0 saturated heterocycles. The molecular formula is C12H12ClN3OS. The van der Waals surface area contributed by atoms with Gasteiger partial charge in [-0.05, 0) is 24.3 Å². The van der Waals surface area contributed by atoms with Crippen LogP contribution in [0.5, 0.6) is 0 Å². The van der Waals surface area contributed by atoms with Crippen LogP contribution in [0.2, 0.25) is 5.02 Å². The Morgan fingerprint density at radius 2 is 2.11 bits per heavy atom. The van der Waals surface area contributed by atoms with Crippen LogP contribution in [0.1, 0.15) is 23.1 Å². The third-order valence-electron chi connectivity index (χ3n) is 2.34. The number of ketones is 1. The largest absolute Gasteiger partial charge is 0.293 e. The van der Waals surface area contributed by atoms with Crippen LogP contribution < -0.4 is 0 Å². The minimum absolute atomic E-state index is 0.0412. The van der Waals surface area contributed by atoms with Gasteiger partial charge in [0.1, 0.15) is 5.82 Å². The number of benzene rings is 1. The maximum atomic E-state index is 11.9. The molecule has 0 radical (unpaired) electrons. The molecule has 0 atom stereocenters. The third-order valence-corrected chi connectivity index (χ3v) is 3.44. The predicted octanol–water partition coefficient (Wildman–Crippen LogP) is 3.00. The molecule has 0 unspecified atom stereocenters. The summed E-state index contributed by atoms with van der Waals surface area (Å²) in [4.78, 5) is 16.1. The first-order valence-corrected chi connectivity index (χ1v) is 6.88. The zero-order valence-electron chi connectivity index (χ0n) is 9.81. The van der Waals surface area contributed by atoms with Gasteiger partial charge in [-0.1, -0.05) is 30.3 Å². The maximum Gasteiger partial charge on any atom is 0.208 e. The number of hydrogen-bond donors (Lipinski definition) is 1. The van der Waals surface area contributed by atoms with Crippen LogP contribution in [0, 0.1) is 0 Å². The highest BCUT2D eigenvalue weighted by Crippen LogP contribution is 2.16. The summed E-state index contributed by atoms with van der Waals surface area (Å²) >= 11 is 7.10. The number of rotatable bonds is 5. The maximum absolute atomic E-state index is 11.9. The van der Waals surface area contributed by atoms with Crippen molar-refractivity contribution >= 4 is 29.1 Å². The number of thioether (sulfide) groups is 1. The number of aromatic nitrogens is 3. The van der Waals surface area contributed by atoms with E-state index < -0.39 is 0 Å². The molecule has 0 aliphatic carbocycles. The average molecular weight is 282 g/mol. The molecule has 0 saturated carbocycles. The Balaban J connectivity index is 1.93. The van der Waals surface area contributed by atoms with E-state index in [2.05, 4.69) is 15.2 Å². The number of hydrogen-bond acceptors (Lipinski definition) is 4. The molecule has 0 aliphatic rings. The Morgan fingerprint density at radius 1 is 1.39 bits per heavy atom. The van der Waals surface area contributed by atoms with Crippen molar-refractivity contribution in [2.24, 2.45) is 0 Å². The molecule has 0 amide bonds. The van der Waals surface area contributed by atoms with Crippen molar-refractivity contribution in [3.63, 3.8) is 0 Å². The number of halogens is 1. The Bertz CT molecular complexity index is 539. The molecule has 2 rings (SSSR count). The fourth-order valence-electron chi connectivity index (χ4n) is 1.35. The molecule has 6 heteroatoms. The third kappa shape index (κ3) is 3.34. The van der Waals surface area contributed by atoms with Crippen LogP contribution in [0.15, 0.2) is 29.4 Å². The number of aromatic amines is 1. The zero-order valence-corrected chi connectivity index (χ0v) is 11.4. The van der Waals surface area contributed by atoms with E-state index in [0.29, 0.717) is 21.5 Å². The number of carbonyl (C=O) groups is 1. The van der Waals surface area contributed by atoms with E-state index in [1.807, 2.05) is 6.92 Å². The SMILES string of the molecule is CCc1nc(SCC(=O)c2ccc(Cl)cc2)n[nH]1. The Hall–Kier alpha value is -1.33. The summed E-state index contributed by atoms with van der Waals surface area (Å²) < 4.78 is 0. The monoisotopic (exact) mass is 281 g/mol. The van der Waals surface area contributed by atoms with Crippen molar-refractivity contribution in [1.82, 2.24) is 15.2 Å². The summed E-state index contributed by atoms with van der Waals surface area (Å²) in [7, 11) is 0. The van der Waals surface area contributed by atoms with Gasteiger partial charge in [0.2, 0.25) is 5.16 Å². The van der Waals surface area contributed by atoms with Crippen LogP contribution >= 0.6 is 23.4 Å². The summed E-state index contributed by atoms with van der Waals surface area (Å²) in [6.45, 7) is 1.99. The van der Waals surface area contributed by atoms with Gasteiger partial charge in [0.25, 0.3) is 0 Å². The van der Waals surface area contributed by atoms with Gasteiger partial charge in [-0.2, -0.15) is 0 Å². The molecule has 0 bridgehead atoms.